The summed E-state index contributed by atoms with van der Waals surface area (Å²) in [5.74, 6) is 0.716. The Bertz CT molecular complexity index is 1080. The fourth-order valence-corrected chi connectivity index (χ4v) is 4.06. The monoisotopic (exact) mass is 425 g/mol. The number of aromatic amines is 1. The van der Waals surface area contributed by atoms with Crippen molar-refractivity contribution in [3.8, 4) is 0 Å². The van der Waals surface area contributed by atoms with Gasteiger partial charge >= 0.3 is 5.69 Å². The van der Waals surface area contributed by atoms with Crippen LogP contribution in [-0.2, 0) is 20.1 Å². The Morgan fingerprint density at radius 2 is 1.61 bits per heavy atom. The van der Waals surface area contributed by atoms with Gasteiger partial charge in [0.25, 0.3) is 5.56 Å². The van der Waals surface area contributed by atoms with Crippen molar-refractivity contribution in [3.05, 3.63) is 56.7 Å². The van der Waals surface area contributed by atoms with E-state index >= 15 is 0 Å². The van der Waals surface area contributed by atoms with Gasteiger partial charge in [-0.25, -0.2) is 4.79 Å². The number of nitrogens with zero attached hydrogens (tertiary/aromatic N) is 4. The molecule has 31 heavy (non-hydrogen) atoms. The number of hydrogen-bond acceptors (Lipinski definition) is 4. The second-order valence-electron chi connectivity index (χ2n) is 8.37. The number of unbranched alkanes of at least 4 members (excludes halogenated alkanes) is 7. The fraction of sp³-hybridized carbons (Fsp3) is 0.542. The fourth-order valence-electron chi connectivity index (χ4n) is 4.06. The Balaban J connectivity index is 1.80. The largest absolute Gasteiger partial charge is 0.341 e. The maximum absolute atomic E-state index is 12.7. The molecule has 0 bridgehead atoms. The van der Waals surface area contributed by atoms with E-state index in [1.807, 2.05) is 34.7 Å². The molecule has 0 saturated carbocycles. The summed E-state index contributed by atoms with van der Waals surface area (Å²) >= 11 is 0. The van der Waals surface area contributed by atoms with Crippen LogP contribution in [-0.4, -0.2) is 26.1 Å². The van der Waals surface area contributed by atoms with Crippen molar-refractivity contribution < 1.29 is 0 Å². The van der Waals surface area contributed by atoms with Gasteiger partial charge in [-0.1, -0.05) is 82.2 Å². The van der Waals surface area contributed by atoms with Gasteiger partial charge in [-0.2, -0.15) is 4.98 Å². The Morgan fingerprint density at radius 1 is 0.968 bits per heavy atom. The van der Waals surface area contributed by atoms with Gasteiger partial charge in [0.15, 0.2) is 11.2 Å². The van der Waals surface area contributed by atoms with Crippen LogP contribution in [0, 0.1) is 0 Å². The number of imidazole rings is 1. The molecule has 1 aromatic carbocycles. The zero-order chi connectivity index (χ0) is 22.2. The summed E-state index contributed by atoms with van der Waals surface area (Å²) in [6, 6.07) is 10.2. The maximum atomic E-state index is 12.7. The normalized spacial score (nSPS) is 11.3. The lowest BCUT2D eigenvalue weighted by molar-refractivity contribution is 0.546. The van der Waals surface area contributed by atoms with Gasteiger partial charge in [0.1, 0.15) is 0 Å². The van der Waals surface area contributed by atoms with Gasteiger partial charge in [0.05, 0.1) is 0 Å². The van der Waals surface area contributed by atoms with Crippen molar-refractivity contribution >= 4 is 17.1 Å². The number of nitrogens with one attached hydrogen (secondary N) is 1. The van der Waals surface area contributed by atoms with E-state index in [1.165, 1.54) is 48.7 Å². The van der Waals surface area contributed by atoms with Crippen molar-refractivity contribution in [2.45, 2.75) is 71.4 Å². The Hall–Kier alpha value is -2.83. The van der Waals surface area contributed by atoms with Crippen LogP contribution in [0.5, 0.6) is 0 Å². The summed E-state index contributed by atoms with van der Waals surface area (Å²) in [5, 5.41) is 0. The molecule has 3 aromatic rings. The first-order chi connectivity index (χ1) is 15.0. The van der Waals surface area contributed by atoms with E-state index in [0.29, 0.717) is 30.2 Å². The predicted molar refractivity (Wildman–Crippen MR) is 127 cm³/mol. The van der Waals surface area contributed by atoms with E-state index in [1.54, 1.807) is 7.05 Å². The van der Waals surface area contributed by atoms with Gasteiger partial charge < -0.3 is 9.47 Å². The number of hydrogen-bond donors (Lipinski definition) is 1. The highest BCUT2D eigenvalue weighted by molar-refractivity contribution is 5.74. The van der Waals surface area contributed by atoms with Crippen LogP contribution in [0.3, 0.4) is 0 Å². The lowest BCUT2D eigenvalue weighted by Crippen LogP contribution is -2.29. The van der Waals surface area contributed by atoms with E-state index in [4.69, 9.17) is 4.98 Å². The second kappa shape index (κ2) is 11.0. The van der Waals surface area contributed by atoms with E-state index < -0.39 is 5.69 Å². The topological polar surface area (TPSA) is 75.9 Å². The number of aryl methyl sites for hydroxylation is 2. The molecule has 0 amide bonds. The number of rotatable bonds is 12. The van der Waals surface area contributed by atoms with Crippen LogP contribution in [0.1, 0.15) is 63.9 Å². The predicted octanol–water partition coefficient (Wildman–Crippen LogP) is 4.20. The van der Waals surface area contributed by atoms with Crippen molar-refractivity contribution in [1.82, 2.24) is 19.1 Å². The quantitative estimate of drug-likeness (QED) is 0.441. The zero-order valence-corrected chi connectivity index (χ0v) is 19.1. The molecule has 0 radical (unpaired) electrons. The second-order valence-corrected chi connectivity index (χ2v) is 8.37. The molecule has 0 spiro atoms. The van der Waals surface area contributed by atoms with Gasteiger partial charge in [-0.3, -0.25) is 14.3 Å². The molecule has 7 heteroatoms. The van der Waals surface area contributed by atoms with Gasteiger partial charge in [-0.15, -0.1) is 0 Å². The molecule has 0 atom stereocenters. The molecule has 0 aliphatic carbocycles. The number of anilines is 1. The van der Waals surface area contributed by atoms with Crippen molar-refractivity contribution in [1.29, 1.82) is 0 Å². The zero-order valence-electron chi connectivity index (χ0n) is 19.1. The molecule has 0 aliphatic rings. The Labute approximate surface area is 183 Å². The number of benzene rings is 1. The molecule has 7 nitrogen and oxygen atoms in total. The summed E-state index contributed by atoms with van der Waals surface area (Å²) < 4.78 is 3.40. The highest BCUT2D eigenvalue weighted by atomic mass is 16.2. The van der Waals surface area contributed by atoms with Crippen LogP contribution < -0.4 is 16.1 Å². The standard InChI is InChI=1S/C24H35N5O2/c1-4-5-6-7-8-9-10-14-17-29-20-21(28(3)24(31)26-22(20)30)25-23(29)27(2)18-19-15-12-11-13-16-19/h11-13,15-16H,4-10,14,17-18H2,1-3H3,(H,26,30,31). The van der Waals surface area contributed by atoms with E-state index in [-0.39, 0.29) is 5.56 Å². The third kappa shape index (κ3) is 5.66. The van der Waals surface area contributed by atoms with E-state index in [0.717, 1.165) is 12.8 Å². The Morgan fingerprint density at radius 3 is 2.29 bits per heavy atom. The Kier molecular flexibility index (Phi) is 8.09. The summed E-state index contributed by atoms with van der Waals surface area (Å²) in [6.45, 7) is 3.62. The SMILES string of the molecule is CCCCCCCCCCn1c(N(C)Cc2ccccc2)nc2c1c(=O)[nH]c(=O)n2C. The van der Waals surface area contributed by atoms with Crippen molar-refractivity contribution in [3.63, 3.8) is 0 Å². The highest BCUT2D eigenvalue weighted by Crippen LogP contribution is 2.21. The molecular weight excluding hydrogens is 390 g/mol. The molecule has 0 unspecified atom stereocenters. The van der Waals surface area contributed by atoms with Gasteiger partial charge in [0.2, 0.25) is 5.95 Å². The molecule has 1 N–H and O–H groups in total. The molecule has 0 fully saturated rings. The first kappa shape index (κ1) is 22.8. The smallest absolute Gasteiger partial charge is 0.329 e. The minimum atomic E-state index is -0.438. The molecular formula is C24H35N5O2. The first-order valence-corrected chi connectivity index (χ1v) is 11.5. The van der Waals surface area contributed by atoms with Crippen molar-refractivity contribution in [2.75, 3.05) is 11.9 Å². The lowest BCUT2D eigenvalue weighted by Gasteiger charge is -2.20. The summed E-state index contributed by atoms with van der Waals surface area (Å²) in [6.07, 6.45) is 9.78. The summed E-state index contributed by atoms with van der Waals surface area (Å²) in [4.78, 5) is 33.9. The summed E-state index contributed by atoms with van der Waals surface area (Å²) in [5.41, 5.74) is 1.26. The molecule has 3 rings (SSSR count). The van der Waals surface area contributed by atoms with Crippen LogP contribution in [0.2, 0.25) is 0 Å². The minimum absolute atomic E-state index is 0.371. The molecule has 2 aromatic heterocycles. The number of aromatic nitrogens is 4. The third-order valence-corrected chi connectivity index (χ3v) is 5.83. The molecule has 2 heterocycles. The van der Waals surface area contributed by atoms with Gasteiger partial charge in [-0.05, 0) is 12.0 Å². The van der Waals surface area contributed by atoms with Gasteiger partial charge in [0, 0.05) is 27.2 Å². The average Bonchev–Trinajstić information content (AvgIpc) is 3.15. The average molecular weight is 426 g/mol. The van der Waals surface area contributed by atoms with E-state index in [2.05, 4.69) is 24.0 Å². The summed E-state index contributed by atoms with van der Waals surface area (Å²) in [7, 11) is 3.62. The lowest BCUT2D eigenvalue weighted by atomic mass is 10.1. The number of fused-ring (bicyclic) bond motifs is 1. The molecule has 168 valence electrons. The first-order valence-electron chi connectivity index (χ1n) is 11.5. The minimum Gasteiger partial charge on any atom is -0.341 e. The van der Waals surface area contributed by atoms with Crippen molar-refractivity contribution in [2.24, 2.45) is 7.05 Å². The van der Waals surface area contributed by atoms with Crippen LogP contribution in [0.25, 0.3) is 11.2 Å². The number of H-pyrrole nitrogens is 1. The molecule has 0 aliphatic heterocycles. The van der Waals surface area contributed by atoms with Crippen LogP contribution >= 0.6 is 0 Å². The molecule has 0 saturated heterocycles. The highest BCUT2D eigenvalue weighted by Gasteiger charge is 2.19. The van der Waals surface area contributed by atoms with E-state index in [9.17, 15) is 9.59 Å². The maximum Gasteiger partial charge on any atom is 0.329 e. The third-order valence-electron chi connectivity index (χ3n) is 5.83. The van der Waals surface area contributed by atoms with Crippen LogP contribution in [0.4, 0.5) is 5.95 Å². The van der Waals surface area contributed by atoms with Crippen LogP contribution in [0.15, 0.2) is 39.9 Å².